The third kappa shape index (κ3) is 5.81. The molecule has 0 aromatic heterocycles. The van der Waals surface area contributed by atoms with Crippen molar-refractivity contribution in [3.8, 4) is 11.5 Å². The van der Waals surface area contributed by atoms with Crippen LogP contribution in [-0.2, 0) is 9.53 Å². The van der Waals surface area contributed by atoms with Crippen LogP contribution in [0.15, 0.2) is 18.2 Å². The van der Waals surface area contributed by atoms with E-state index in [1.807, 2.05) is 27.7 Å². The molecule has 1 amide bonds. The molecule has 0 heterocycles. The predicted molar refractivity (Wildman–Crippen MR) is 86.9 cm³/mol. The second kappa shape index (κ2) is 9.02. The van der Waals surface area contributed by atoms with Gasteiger partial charge in [0.2, 0.25) is 0 Å². The Kier molecular flexibility index (Phi) is 7.38. The maximum absolute atomic E-state index is 12.0. The maximum Gasteiger partial charge on any atom is 0.338 e. The van der Waals surface area contributed by atoms with Crippen LogP contribution in [0.1, 0.15) is 38.1 Å². The average molecular weight is 323 g/mol. The summed E-state index contributed by atoms with van der Waals surface area (Å²) in [5.41, 5.74) is 0.301. The lowest BCUT2D eigenvalue weighted by molar-refractivity contribution is -0.125. The number of methoxy groups -OCH3 is 1. The number of amides is 1. The monoisotopic (exact) mass is 323 g/mol. The molecule has 0 aliphatic rings. The first kappa shape index (κ1) is 18.8. The molecule has 0 saturated heterocycles. The van der Waals surface area contributed by atoms with E-state index in [2.05, 4.69) is 5.32 Å². The number of carbonyl (C=O) groups is 2. The van der Waals surface area contributed by atoms with E-state index in [1.54, 1.807) is 12.1 Å². The van der Waals surface area contributed by atoms with Crippen molar-refractivity contribution in [2.24, 2.45) is 5.92 Å². The Morgan fingerprint density at radius 2 is 1.87 bits per heavy atom. The van der Waals surface area contributed by atoms with Gasteiger partial charge in [-0.1, -0.05) is 13.8 Å². The minimum absolute atomic E-state index is 0.0202. The molecule has 6 heteroatoms. The smallest absolute Gasteiger partial charge is 0.338 e. The minimum Gasteiger partial charge on any atom is -0.493 e. The summed E-state index contributed by atoms with van der Waals surface area (Å²) in [6.45, 7) is 7.95. The van der Waals surface area contributed by atoms with E-state index in [-0.39, 0.29) is 18.6 Å². The molecule has 0 radical (unpaired) electrons. The number of nitrogens with one attached hydrogen (secondary N) is 1. The first-order chi connectivity index (χ1) is 10.9. The molecular formula is C17H25NO5. The molecule has 23 heavy (non-hydrogen) atoms. The number of esters is 1. The summed E-state index contributed by atoms with van der Waals surface area (Å²) in [5, 5.41) is 2.77. The molecule has 6 nitrogen and oxygen atoms in total. The van der Waals surface area contributed by atoms with Crippen LogP contribution in [0.5, 0.6) is 11.5 Å². The molecular weight excluding hydrogens is 298 g/mol. The second-order valence-electron chi connectivity index (χ2n) is 5.47. The summed E-state index contributed by atoms with van der Waals surface area (Å²) in [6, 6.07) is 4.76. The van der Waals surface area contributed by atoms with Crippen molar-refractivity contribution >= 4 is 11.9 Å². The van der Waals surface area contributed by atoms with Crippen molar-refractivity contribution < 1.29 is 23.8 Å². The van der Waals surface area contributed by atoms with E-state index in [1.165, 1.54) is 13.2 Å². The van der Waals surface area contributed by atoms with Crippen LogP contribution in [0.4, 0.5) is 0 Å². The predicted octanol–water partition coefficient (Wildman–Crippen LogP) is 2.41. The van der Waals surface area contributed by atoms with E-state index in [4.69, 9.17) is 14.2 Å². The summed E-state index contributed by atoms with van der Waals surface area (Å²) in [7, 11) is 1.49. The zero-order chi connectivity index (χ0) is 17.4. The number of hydrogen-bond donors (Lipinski definition) is 1. The molecule has 1 N–H and O–H groups in total. The van der Waals surface area contributed by atoms with Crippen LogP contribution in [-0.4, -0.2) is 38.2 Å². The van der Waals surface area contributed by atoms with Crippen molar-refractivity contribution in [1.82, 2.24) is 5.32 Å². The SMILES string of the molecule is CCOc1ccc(C(=O)OCC(=O)N[C@@H](C)C(C)C)cc1OC. The van der Waals surface area contributed by atoms with E-state index in [0.29, 0.717) is 29.6 Å². The van der Waals surface area contributed by atoms with E-state index in [9.17, 15) is 9.59 Å². The van der Waals surface area contributed by atoms with Crippen LogP contribution in [0, 0.1) is 5.92 Å². The highest BCUT2D eigenvalue weighted by Gasteiger charge is 2.15. The van der Waals surface area contributed by atoms with Gasteiger partial charge in [-0.15, -0.1) is 0 Å². The van der Waals surface area contributed by atoms with Gasteiger partial charge in [-0.25, -0.2) is 4.79 Å². The van der Waals surface area contributed by atoms with Gasteiger partial charge in [0.25, 0.3) is 5.91 Å². The third-order valence-electron chi connectivity index (χ3n) is 3.42. The first-order valence-electron chi connectivity index (χ1n) is 7.66. The summed E-state index contributed by atoms with van der Waals surface area (Å²) in [4.78, 5) is 23.7. The molecule has 1 atom stereocenters. The molecule has 0 unspecified atom stereocenters. The first-order valence-corrected chi connectivity index (χ1v) is 7.66. The normalized spacial score (nSPS) is 11.7. The Morgan fingerprint density at radius 3 is 2.43 bits per heavy atom. The molecule has 0 spiro atoms. The fourth-order valence-electron chi connectivity index (χ4n) is 1.75. The topological polar surface area (TPSA) is 73.9 Å². The second-order valence-corrected chi connectivity index (χ2v) is 5.47. The molecule has 1 aromatic rings. The van der Waals surface area contributed by atoms with Gasteiger partial charge in [-0.05, 0) is 38.0 Å². The van der Waals surface area contributed by atoms with Gasteiger partial charge in [0.1, 0.15) is 0 Å². The molecule has 1 rings (SSSR count). The standard InChI is InChI=1S/C17H25NO5/c1-6-22-14-8-7-13(9-15(14)21-5)17(20)23-10-16(19)18-12(4)11(2)3/h7-9,11-12H,6,10H2,1-5H3,(H,18,19)/t12-/m0/s1. The fraction of sp³-hybridized carbons (Fsp3) is 0.529. The highest BCUT2D eigenvalue weighted by Crippen LogP contribution is 2.28. The van der Waals surface area contributed by atoms with Crippen molar-refractivity contribution in [2.75, 3.05) is 20.3 Å². The third-order valence-corrected chi connectivity index (χ3v) is 3.42. The van der Waals surface area contributed by atoms with E-state index >= 15 is 0 Å². The molecule has 0 saturated carbocycles. The average Bonchev–Trinajstić information content (AvgIpc) is 2.53. The van der Waals surface area contributed by atoms with Crippen molar-refractivity contribution in [1.29, 1.82) is 0 Å². The van der Waals surface area contributed by atoms with E-state index in [0.717, 1.165) is 0 Å². The van der Waals surface area contributed by atoms with Crippen LogP contribution >= 0.6 is 0 Å². The Morgan fingerprint density at radius 1 is 1.17 bits per heavy atom. The van der Waals surface area contributed by atoms with Gasteiger partial charge < -0.3 is 19.5 Å². The number of benzene rings is 1. The summed E-state index contributed by atoms with van der Waals surface area (Å²) >= 11 is 0. The van der Waals surface area contributed by atoms with Crippen molar-refractivity contribution in [2.45, 2.75) is 33.7 Å². The van der Waals surface area contributed by atoms with Crippen molar-refractivity contribution in [3.63, 3.8) is 0 Å². The Bertz CT molecular complexity index is 542. The van der Waals surface area contributed by atoms with Crippen molar-refractivity contribution in [3.05, 3.63) is 23.8 Å². The van der Waals surface area contributed by atoms with Gasteiger partial charge in [-0.3, -0.25) is 4.79 Å². The lowest BCUT2D eigenvalue weighted by atomic mass is 10.1. The van der Waals surface area contributed by atoms with Crippen LogP contribution in [0.25, 0.3) is 0 Å². The summed E-state index contributed by atoms with van der Waals surface area (Å²) in [6.07, 6.45) is 0. The fourth-order valence-corrected chi connectivity index (χ4v) is 1.75. The zero-order valence-corrected chi connectivity index (χ0v) is 14.3. The van der Waals surface area contributed by atoms with Gasteiger partial charge in [0.15, 0.2) is 18.1 Å². The van der Waals surface area contributed by atoms with Gasteiger partial charge >= 0.3 is 5.97 Å². The summed E-state index contributed by atoms with van der Waals surface area (Å²) < 4.78 is 15.6. The zero-order valence-electron chi connectivity index (χ0n) is 14.3. The summed E-state index contributed by atoms with van der Waals surface area (Å²) in [5.74, 6) is 0.399. The lowest BCUT2D eigenvalue weighted by Gasteiger charge is -2.17. The van der Waals surface area contributed by atoms with Gasteiger partial charge in [-0.2, -0.15) is 0 Å². The number of ether oxygens (including phenoxy) is 3. The highest BCUT2D eigenvalue weighted by molar-refractivity contribution is 5.92. The quantitative estimate of drug-likeness (QED) is 0.744. The molecule has 1 aromatic carbocycles. The van der Waals surface area contributed by atoms with Crippen LogP contribution < -0.4 is 14.8 Å². The van der Waals surface area contributed by atoms with Crippen LogP contribution in [0.2, 0.25) is 0 Å². The molecule has 0 aliphatic carbocycles. The van der Waals surface area contributed by atoms with Gasteiger partial charge in [0.05, 0.1) is 19.3 Å². The minimum atomic E-state index is -0.585. The lowest BCUT2D eigenvalue weighted by Crippen LogP contribution is -2.38. The Balaban J connectivity index is 2.63. The molecule has 0 aliphatic heterocycles. The maximum atomic E-state index is 12.0. The number of hydrogen-bond acceptors (Lipinski definition) is 5. The largest absolute Gasteiger partial charge is 0.493 e. The number of carbonyl (C=O) groups excluding carboxylic acids is 2. The van der Waals surface area contributed by atoms with Gasteiger partial charge in [0, 0.05) is 6.04 Å². The Hall–Kier alpha value is -2.24. The number of rotatable bonds is 8. The van der Waals surface area contributed by atoms with E-state index < -0.39 is 5.97 Å². The van der Waals surface area contributed by atoms with Crippen LogP contribution in [0.3, 0.4) is 0 Å². The Labute approximate surface area is 137 Å². The molecule has 0 fully saturated rings. The molecule has 128 valence electrons. The highest BCUT2D eigenvalue weighted by atomic mass is 16.5. The molecule has 0 bridgehead atoms.